The molecule has 7 heteroatoms. The summed E-state index contributed by atoms with van der Waals surface area (Å²) in [4.78, 5) is 15.1. The summed E-state index contributed by atoms with van der Waals surface area (Å²) in [6, 6.07) is 12.3. The fourth-order valence-corrected chi connectivity index (χ4v) is 3.21. The fraction of sp³-hybridized carbons (Fsp3) is 0.368. The number of amides is 1. The molecule has 1 saturated carbocycles. The molecule has 0 spiro atoms. The molecule has 0 radical (unpaired) electrons. The van der Waals surface area contributed by atoms with E-state index < -0.39 is 24.0 Å². The number of ether oxygens (including phenoxy) is 1. The Morgan fingerprint density at radius 3 is 2.69 bits per heavy atom. The number of rotatable bonds is 5. The van der Waals surface area contributed by atoms with E-state index in [1.807, 2.05) is 30.3 Å². The van der Waals surface area contributed by atoms with E-state index in [0.29, 0.717) is 5.75 Å². The van der Waals surface area contributed by atoms with Crippen molar-refractivity contribution in [1.82, 2.24) is 10.3 Å². The van der Waals surface area contributed by atoms with Crippen molar-refractivity contribution in [1.29, 1.82) is 0 Å². The summed E-state index contributed by atoms with van der Waals surface area (Å²) in [6.07, 6.45) is -0.0910. The van der Waals surface area contributed by atoms with Crippen molar-refractivity contribution in [3.63, 3.8) is 0 Å². The Morgan fingerprint density at radius 2 is 2.04 bits per heavy atom. The smallest absolute Gasteiger partial charge is 0.404 e. The lowest BCUT2D eigenvalue weighted by atomic mass is 9.82. The second kappa shape index (κ2) is 7.68. The van der Waals surface area contributed by atoms with Crippen molar-refractivity contribution in [2.45, 2.75) is 31.2 Å². The molecule has 26 heavy (non-hydrogen) atoms. The summed E-state index contributed by atoms with van der Waals surface area (Å²) in [7, 11) is 0. The zero-order valence-electron chi connectivity index (χ0n) is 14.1. The average Bonchev–Trinajstić information content (AvgIpc) is 2.62. The van der Waals surface area contributed by atoms with Gasteiger partial charge in [0.1, 0.15) is 5.75 Å². The lowest BCUT2D eigenvalue weighted by Crippen LogP contribution is -2.48. The van der Waals surface area contributed by atoms with Gasteiger partial charge in [0.05, 0.1) is 12.3 Å². The van der Waals surface area contributed by atoms with Crippen LogP contribution in [0.5, 0.6) is 5.75 Å². The Hall–Kier alpha value is -2.70. The summed E-state index contributed by atoms with van der Waals surface area (Å²) in [5, 5.41) is 11.2. The van der Waals surface area contributed by atoms with Gasteiger partial charge in [0, 0.05) is 36.6 Å². The van der Waals surface area contributed by atoms with Crippen LogP contribution < -0.4 is 10.1 Å². The van der Waals surface area contributed by atoms with Crippen LogP contribution in [-0.4, -0.2) is 34.8 Å². The van der Waals surface area contributed by atoms with Crippen LogP contribution in [0.25, 0.3) is 11.3 Å². The van der Waals surface area contributed by atoms with Gasteiger partial charge in [0.25, 0.3) is 0 Å². The zero-order valence-corrected chi connectivity index (χ0v) is 14.1. The molecule has 1 aliphatic carbocycles. The second-order valence-electron chi connectivity index (χ2n) is 6.47. The number of pyridine rings is 1. The summed E-state index contributed by atoms with van der Waals surface area (Å²) in [6.45, 7) is 0.0312. The van der Waals surface area contributed by atoms with Crippen LogP contribution in [0.15, 0.2) is 48.7 Å². The number of hydrogen-bond acceptors (Lipinski definition) is 3. The van der Waals surface area contributed by atoms with E-state index in [1.54, 1.807) is 18.3 Å². The number of alkyl halides is 2. The van der Waals surface area contributed by atoms with E-state index in [9.17, 15) is 13.6 Å². The fourth-order valence-electron chi connectivity index (χ4n) is 3.21. The van der Waals surface area contributed by atoms with Crippen molar-refractivity contribution in [3.05, 3.63) is 48.7 Å². The van der Waals surface area contributed by atoms with Crippen LogP contribution in [0.2, 0.25) is 0 Å². The Bertz CT molecular complexity index is 738. The van der Waals surface area contributed by atoms with Gasteiger partial charge in [-0.25, -0.2) is 13.6 Å². The molecule has 1 aromatic heterocycles. The van der Waals surface area contributed by atoms with Gasteiger partial charge in [-0.2, -0.15) is 0 Å². The molecule has 0 aliphatic heterocycles. The molecule has 5 nitrogen and oxygen atoms in total. The molecular weight excluding hydrogens is 342 g/mol. The van der Waals surface area contributed by atoms with Gasteiger partial charge in [-0.3, -0.25) is 4.98 Å². The quantitative estimate of drug-likeness (QED) is 0.836. The molecule has 1 amide bonds. The van der Waals surface area contributed by atoms with Gasteiger partial charge in [-0.05, 0) is 42.8 Å². The Labute approximate surface area is 150 Å². The molecule has 138 valence electrons. The highest BCUT2D eigenvalue weighted by atomic mass is 19.3. The molecular formula is C19H20F2N2O3. The van der Waals surface area contributed by atoms with Gasteiger partial charge >= 0.3 is 6.09 Å². The topological polar surface area (TPSA) is 71.5 Å². The Balaban J connectivity index is 1.63. The molecule has 1 aromatic carbocycles. The van der Waals surface area contributed by atoms with Gasteiger partial charge in [0.15, 0.2) is 0 Å². The van der Waals surface area contributed by atoms with E-state index in [4.69, 9.17) is 9.84 Å². The van der Waals surface area contributed by atoms with E-state index >= 15 is 0 Å². The minimum absolute atomic E-state index is 0.0312. The van der Waals surface area contributed by atoms with Crippen LogP contribution in [-0.2, 0) is 0 Å². The van der Waals surface area contributed by atoms with E-state index in [-0.39, 0.29) is 25.9 Å². The number of halogens is 2. The van der Waals surface area contributed by atoms with Crippen LogP contribution in [0.3, 0.4) is 0 Å². The normalized spacial score (nSPS) is 21.8. The molecule has 1 heterocycles. The van der Waals surface area contributed by atoms with Crippen LogP contribution in [0.1, 0.15) is 19.3 Å². The lowest BCUT2D eigenvalue weighted by Gasteiger charge is -2.35. The first kappa shape index (κ1) is 18.1. The first-order chi connectivity index (χ1) is 12.4. The number of hydrogen-bond donors (Lipinski definition) is 2. The zero-order chi connectivity index (χ0) is 18.6. The maximum Gasteiger partial charge on any atom is 0.404 e. The number of benzene rings is 1. The van der Waals surface area contributed by atoms with Gasteiger partial charge in [-0.1, -0.05) is 6.07 Å². The number of aromatic nitrogens is 1. The predicted octanol–water partition coefficient (Wildman–Crippen LogP) is 4.20. The average molecular weight is 362 g/mol. The lowest BCUT2D eigenvalue weighted by molar-refractivity contribution is -0.0677. The maximum absolute atomic E-state index is 13.7. The molecule has 0 bridgehead atoms. The van der Waals surface area contributed by atoms with E-state index in [2.05, 4.69) is 10.3 Å². The molecule has 2 N–H and O–H groups in total. The monoisotopic (exact) mass is 362 g/mol. The predicted molar refractivity (Wildman–Crippen MR) is 92.4 cm³/mol. The van der Waals surface area contributed by atoms with Crippen molar-refractivity contribution in [2.24, 2.45) is 5.92 Å². The highest BCUT2D eigenvalue weighted by Gasteiger charge is 2.42. The molecule has 1 aliphatic rings. The first-order valence-corrected chi connectivity index (χ1v) is 8.44. The van der Waals surface area contributed by atoms with Crippen molar-refractivity contribution < 1.29 is 23.4 Å². The Morgan fingerprint density at radius 1 is 1.27 bits per heavy atom. The van der Waals surface area contributed by atoms with Crippen molar-refractivity contribution in [2.75, 3.05) is 6.61 Å². The minimum Gasteiger partial charge on any atom is -0.493 e. The van der Waals surface area contributed by atoms with Gasteiger partial charge < -0.3 is 15.2 Å². The van der Waals surface area contributed by atoms with E-state index in [1.165, 1.54) is 0 Å². The third-order valence-corrected chi connectivity index (χ3v) is 4.54. The summed E-state index contributed by atoms with van der Waals surface area (Å²) >= 11 is 0. The number of carboxylic acid groups (broad SMARTS) is 1. The Kier molecular flexibility index (Phi) is 5.35. The number of carbonyl (C=O) groups is 1. The van der Waals surface area contributed by atoms with Gasteiger partial charge in [-0.15, -0.1) is 0 Å². The molecule has 3 rings (SSSR count). The third-order valence-electron chi connectivity index (χ3n) is 4.54. The van der Waals surface area contributed by atoms with Crippen molar-refractivity contribution in [3.8, 4) is 17.0 Å². The third kappa shape index (κ3) is 4.68. The largest absolute Gasteiger partial charge is 0.493 e. The molecule has 0 saturated heterocycles. The summed E-state index contributed by atoms with van der Waals surface area (Å²) in [5.41, 5.74) is 1.75. The van der Waals surface area contributed by atoms with Crippen molar-refractivity contribution >= 4 is 6.09 Å². The number of nitrogens with zero attached hydrogens (tertiary/aromatic N) is 1. The number of nitrogens with one attached hydrogen (secondary N) is 1. The van der Waals surface area contributed by atoms with Gasteiger partial charge in [0.2, 0.25) is 5.92 Å². The minimum atomic E-state index is -2.78. The molecule has 0 unspecified atom stereocenters. The van der Waals surface area contributed by atoms with Crippen LogP contribution >= 0.6 is 0 Å². The summed E-state index contributed by atoms with van der Waals surface area (Å²) in [5.74, 6) is -2.81. The molecule has 2 aromatic rings. The standard InChI is InChI=1S/C19H20F2N2O3/c20-19(21)9-8-17(23-18(24)25)14(11-19)12-26-15-6-4-13(5-7-15)16-3-1-2-10-22-16/h1-7,10,14,17,23H,8-9,11-12H2,(H,24,25)/t14-,17-/m0/s1. The maximum atomic E-state index is 13.7. The van der Waals surface area contributed by atoms with E-state index in [0.717, 1.165) is 11.3 Å². The highest BCUT2D eigenvalue weighted by molar-refractivity contribution is 5.65. The molecule has 2 atom stereocenters. The second-order valence-corrected chi connectivity index (χ2v) is 6.47. The highest BCUT2D eigenvalue weighted by Crippen LogP contribution is 2.37. The first-order valence-electron chi connectivity index (χ1n) is 8.44. The van der Waals surface area contributed by atoms with Crippen LogP contribution in [0, 0.1) is 5.92 Å². The molecule has 1 fully saturated rings. The van der Waals surface area contributed by atoms with Crippen LogP contribution in [0.4, 0.5) is 13.6 Å². The SMILES string of the molecule is O=C(O)N[C@H]1CCC(F)(F)C[C@H]1COc1ccc(-c2ccccn2)cc1. The summed E-state index contributed by atoms with van der Waals surface area (Å²) < 4.78 is 33.0.